The van der Waals surface area contributed by atoms with Crippen LogP contribution in [0.1, 0.15) is 11.1 Å². The van der Waals surface area contributed by atoms with Crippen LogP contribution in [-0.4, -0.2) is 38.3 Å². The van der Waals surface area contributed by atoms with Crippen molar-refractivity contribution in [1.29, 1.82) is 0 Å². The predicted molar refractivity (Wildman–Crippen MR) is 111 cm³/mol. The molecule has 0 atom stereocenters. The highest BCUT2D eigenvalue weighted by molar-refractivity contribution is 14.0. The molecule has 1 aromatic heterocycles. The summed E-state index contributed by atoms with van der Waals surface area (Å²) in [6, 6.07) is 9.70. The van der Waals surface area contributed by atoms with Crippen LogP contribution in [0.4, 0.5) is 13.2 Å². The maximum Gasteiger partial charge on any atom is 0.421 e. The Morgan fingerprint density at radius 3 is 2.46 bits per heavy atom. The number of pyridine rings is 1. The van der Waals surface area contributed by atoms with Gasteiger partial charge in [0.25, 0.3) is 0 Å². The van der Waals surface area contributed by atoms with Crippen molar-refractivity contribution >= 4 is 29.9 Å². The Morgan fingerprint density at radius 1 is 1.14 bits per heavy atom. The van der Waals surface area contributed by atoms with Gasteiger partial charge >= 0.3 is 6.18 Å². The first-order valence-electron chi connectivity index (χ1n) is 8.16. The molecule has 0 aliphatic rings. The lowest BCUT2D eigenvalue weighted by atomic mass is 10.2. The molecule has 0 saturated carbocycles. The van der Waals surface area contributed by atoms with Crippen LogP contribution >= 0.6 is 24.0 Å². The number of alkyl halides is 3. The van der Waals surface area contributed by atoms with Crippen molar-refractivity contribution in [3.05, 3.63) is 53.7 Å². The Morgan fingerprint density at radius 2 is 1.86 bits per heavy atom. The molecule has 0 fully saturated rings. The molecule has 2 N–H and O–H groups in total. The lowest BCUT2D eigenvalue weighted by Gasteiger charge is -2.14. The van der Waals surface area contributed by atoms with E-state index in [0.29, 0.717) is 12.5 Å². The third-order valence-corrected chi connectivity index (χ3v) is 3.55. The quantitative estimate of drug-likeness (QED) is 0.259. The number of nitrogens with one attached hydrogen (secondary N) is 2. The Hall–Kier alpha value is -2.24. The molecule has 0 spiro atoms. The molecule has 0 saturated heterocycles. The minimum atomic E-state index is -4.51. The minimum Gasteiger partial charge on any atom is -0.497 e. The largest absolute Gasteiger partial charge is 0.497 e. The summed E-state index contributed by atoms with van der Waals surface area (Å²) in [6.07, 6.45) is -3.25. The van der Waals surface area contributed by atoms with Crippen molar-refractivity contribution in [1.82, 2.24) is 15.6 Å². The van der Waals surface area contributed by atoms with Gasteiger partial charge in [0.15, 0.2) is 5.96 Å². The summed E-state index contributed by atoms with van der Waals surface area (Å²) in [5, 5.41) is 6.08. The van der Waals surface area contributed by atoms with Gasteiger partial charge < -0.3 is 20.1 Å². The number of nitrogens with zero attached hydrogens (tertiary/aromatic N) is 2. The van der Waals surface area contributed by atoms with E-state index in [-0.39, 0.29) is 37.1 Å². The van der Waals surface area contributed by atoms with E-state index in [1.807, 2.05) is 24.3 Å². The molecule has 2 rings (SSSR count). The average Bonchev–Trinajstić information content (AvgIpc) is 2.67. The molecule has 154 valence electrons. The van der Waals surface area contributed by atoms with Gasteiger partial charge in [-0.25, -0.2) is 4.98 Å². The lowest BCUT2D eigenvalue weighted by molar-refractivity contribution is -0.139. The normalized spacial score (nSPS) is 11.4. The van der Waals surface area contributed by atoms with E-state index in [9.17, 15) is 13.2 Å². The second kappa shape index (κ2) is 11.6. The second-order valence-corrected chi connectivity index (χ2v) is 5.40. The number of benzene rings is 1. The summed E-state index contributed by atoms with van der Waals surface area (Å²) in [5.74, 6) is 0.839. The number of aromatic nitrogens is 1. The lowest BCUT2D eigenvalue weighted by Crippen LogP contribution is -2.39. The van der Waals surface area contributed by atoms with Crippen LogP contribution in [0.3, 0.4) is 0 Å². The van der Waals surface area contributed by atoms with Crippen molar-refractivity contribution in [3.8, 4) is 11.6 Å². The monoisotopic (exact) mass is 510 g/mol. The molecule has 0 aliphatic heterocycles. The fourth-order valence-electron chi connectivity index (χ4n) is 2.19. The number of guanidine groups is 1. The van der Waals surface area contributed by atoms with Gasteiger partial charge in [-0.3, -0.25) is 4.99 Å². The molecule has 2 aromatic rings. The van der Waals surface area contributed by atoms with E-state index in [0.717, 1.165) is 17.4 Å². The van der Waals surface area contributed by atoms with E-state index in [1.165, 1.54) is 12.3 Å². The highest BCUT2D eigenvalue weighted by Gasteiger charge is 2.34. The maximum atomic E-state index is 12.9. The second-order valence-electron chi connectivity index (χ2n) is 5.40. The van der Waals surface area contributed by atoms with Gasteiger partial charge in [0.1, 0.15) is 17.9 Å². The van der Waals surface area contributed by atoms with Crippen LogP contribution in [0.5, 0.6) is 11.6 Å². The summed E-state index contributed by atoms with van der Waals surface area (Å²) in [5.41, 5.74) is 0.130. The number of rotatable bonds is 7. The number of halogens is 4. The Labute approximate surface area is 178 Å². The molecule has 0 bridgehead atoms. The number of hydrogen-bond donors (Lipinski definition) is 2. The van der Waals surface area contributed by atoms with Crippen LogP contribution < -0.4 is 20.1 Å². The zero-order chi connectivity index (χ0) is 19.7. The topological polar surface area (TPSA) is 67.8 Å². The van der Waals surface area contributed by atoms with Gasteiger partial charge in [-0.2, -0.15) is 13.2 Å². The molecule has 1 heterocycles. The third-order valence-electron chi connectivity index (χ3n) is 3.55. The van der Waals surface area contributed by atoms with Gasteiger partial charge in [0.2, 0.25) is 5.88 Å². The van der Waals surface area contributed by atoms with Gasteiger partial charge in [-0.05, 0) is 29.8 Å². The number of aliphatic imine (C=N–C) groups is 1. The summed E-state index contributed by atoms with van der Waals surface area (Å²) < 4.78 is 48.9. The van der Waals surface area contributed by atoms with E-state index in [2.05, 4.69) is 20.6 Å². The Kier molecular flexibility index (Phi) is 9.83. The number of methoxy groups -OCH3 is 1. The standard InChI is InChI=1S/C18H21F3N4O2.HI/c1-22-17(25-12-13-5-7-14(26-2)8-6-13)24-10-11-27-16-15(18(19,20)21)4-3-9-23-16;/h3-9H,10-12H2,1-2H3,(H2,22,24,25);1H. The maximum absolute atomic E-state index is 12.9. The van der Waals surface area contributed by atoms with Crippen LogP contribution in [0.25, 0.3) is 0 Å². The summed E-state index contributed by atoms with van der Waals surface area (Å²) >= 11 is 0. The molecular formula is C18H22F3IN4O2. The zero-order valence-corrected chi connectivity index (χ0v) is 17.7. The van der Waals surface area contributed by atoms with Gasteiger partial charge in [-0.1, -0.05) is 12.1 Å². The highest BCUT2D eigenvalue weighted by atomic mass is 127. The van der Waals surface area contributed by atoms with Gasteiger partial charge in [0.05, 0.1) is 13.7 Å². The molecule has 0 amide bonds. The highest BCUT2D eigenvalue weighted by Crippen LogP contribution is 2.34. The third kappa shape index (κ3) is 7.41. The molecule has 0 radical (unpaired) electrons. The number of ether oxygens (including phenoxy) is 2. The smallest absolute Gasteiger partial charge is 0.421 e. The first-order valence-corrected chi connectivity index (χ1v) is 8.16. The van der Waals surface area contributed by atoms with E-state index < -0.39 is 17.6 Å². The minimum absolute atomic E-state index is 0. The molecule has 6 nitrogen and oxygen atoms in total. The first-order chi connectivity index (χ1) is 12.9. The van der Waals surface area contributed by atoms with Crippen molar-refractivity contribution in [2.75, 3.05) is 27.3 Å². The molecule has 10 heteroatoms. The van der Waals surface area contributed by atoms with Crippen molar-refractivity contribution < 1.29 is 22.6 Å². The van der Waals surface area contributed by atoms with Crippen LogP contribution in [0, 0.1) is 0 Å². The van der Waals surface area contributed by atoms with E-state index in [4.69, 9.17) is 9.47 Å². The molecule has 0 unspecified atom stereocenters. The van der Waals surface area contributed by atoms with Gasteiger partial charge in [-0.15, -0.1) is 24.0 Å². The van der Waals surface area contributed by atoms with Crippen molar-refractivity contribution in [2.24, 2.45) is 4.99 Å². The van der Waals surface area contributed by atoms with Gasteiger partial charge in [0, 0.05) is 19.8 Å². The van der Waals surface area contributed by atoms with E-state index in [1.54, 1.807) is 14.2 Å². The zero-order valence-electron chi connectivity index (χ0n) is 15.4. The van der Waals surface area contributed by atoms with E-state index >= 15 is 0 Å². The predicted octanol–water partition coefficient (Wildman–Crippen LogP) is 3.47. The van der Waals surface area contributed by atoms with Crippen molar-refractivity contribution in [2.45, 2.75) is 12.7 Å². The SMILES string of the molecule is CN=C(NCCOc1ncccc1C(F)(F)F)NCc1ccc(OC)cc1.I. The molecule has 28 heavy (non-hydrogen) atoms. The fourth-order valence-corrected chi connectivity index (χ4v) is 2.19. The number of hydrogen-bond acceptors (Lipinski definition) is 4. The fraction of sp³-hybridized carbons (Fsp3) is 0.333. The molecular weight excluding hydrogens is 488 g/mol. The summed E-state index contributed by atoms with van der Waals surface area (Å²) in [7, 11) is 3.20. The molecule has 1 aromatic carbocycles. The Bertz CT molecular complexity index is 755. The van der Waals surface area contributed by atoms with Crippen LogP contribution in [0.15, 0.2) is 47.6 Å². The van der Waals surface area contributed by atoms with Crippen molar-refractivity contribution in [3.63, 3.8) is 0 Å². The summed E-state index contributed by atoms with van der Waals surface area (Å²) in [6.45, 7) is 0.794. The van der Waals surface area contributed by atoms with Crippen LogP contribution in [0.2, 0.25) is 0 Å². The van der Waals surface area contributed by atoms with Crippen LogP contribution in [-0.2, 0) is 12.7 Å². The Balaban J connectivity index is 0.00000392. The first kappa shape index (κ1) is 23.8. The molecule has 0 aliphatic carbocycles. The average molecular weight is 510 g/mol. The summed E-state index contributed by atoms with van der Waals surface area (Å²) in [4.78, 5) is 7.70.